The Labute approximate surface area is 261 Å². The fourth-order valence-corrected chi connectivity index (χ4v) is 7.27. The molecule has 3 amide bonds. The average Bonchev–Trinajstić information content (AvgIpc) is 3.60. The Bertz CT molecular complexity index is 1890. The van der Waals surface area contributed by atoms with Gasteiger partial charge in [-0.15, -0.1) is 0 Å². The number of sulfonamides is 1. The smallest absolute Gasteiger partial charge is 0.321 e. The van der Waals surface area contributed by atoms with Crippen LogP contribution in [0, 0.1) is 0 Å². The number of pyridine rings is 1. The van der Waals surface area contributed by atoms with Crippen LogP contribution >= 0.6 is 0 Å². The van der Waals surface area contributed by atoms with Gasteiger partial charge in [0.1, 0.15) is 10.9 Å². The van der Waals surface area contributed by atoms with Crippen molar-refractivity contribution in [3.63, 3.8) is 0 Å². The van der Waals surface area contributed by atoms with Gasteiger partial charge in [0.05, 0.1) is 17.5 Å². The van der Waals surface area contributed by atoms with E-state index in [4.69, 9.17) is 0 Å². The number of amides is 3. The van der Waals surface area contributed by atoms with Crippen LogP contribution in [0.5, 0.6) is 0 Å². The number of hydrogen-bond acceptors (Lipinski definition) is 6. The maximum Gasteiger partial charge on any atom is 0.321 e. The van der Waals surface area contributed by atoms with E-state index in [-0.39, 0.29) is 24.5 Å². The van der Waals surface area contributed by atoms with E-state index in [1.807, 2.05) is 65.4 Å². The second kappa shape index (κ2) is 13.3. The number of piperazine rings is 1. The number of hydrogen-bond donors (Lipinski definition) is 2. The van der Waals surface area contributed by atoms with Crippen LogP contribution in [0.15, 0.2) is 115 Å². The monoisotopic (exact) mass is 623 g/mol. The van der Waals surface area contributed by atoms with Gasteiger partial charge in [0, 0.05) is 62.3 Å². The molecule has 6 rings (SSSR count). The SMILES string of the molecule is O=C(NCCCn1ccnc1)[C@@H]1CN(C(=O)Nc2ccccc2-c2ccccc2)CCN1S(=O)(=O)c1cccc2cccnc12. The lowest BCUT2D eigenvalue weighted by Crippen LogP contribution is -2.62. The van der Waals surface area contributed by atoms with Gasteiger partial charge in [-0.3, -0.25) is 9.78 Å². The van der Waals surface area contributed by atoms with Crippen molar-refractivity contribution >= 4 is 38.6 Å². The van der Waals surface area contributed by atoms with E-state index in [0.717, 1.165) is 11.1 Å². The van der Waals surface area contributed by atoms with Crippen LogP contribution in [-0.4, -0.2) is 76.3 Å². The molecule has 0 radical (unpaired) electrons. The first-order chi connectivity index (χ1) is 21.9. The highest BCUT2D eigenvalue weighted by Gasteiger charge is 2.42. The zero-order valence-electron chi connectivity index (χ0n) is 24.5. The molecular formula is C33H33N7O4S. The van der Waals surface area contributed by atoms with Crippen LogP contribution in [0.2, 0.25) is 0 Å². The summed E-state index contributed by atoms with van der Waals surface area (Å²) in [5.74, 6) is -0.473. The number of benzene rings is 3. The molecule has 0 spiro atoms. The standard InChI is InChI=1S/C33H33N7O4S/c41-32(36-17-8-19-38-20-18-34-24-38)29-23-39(33(42)37-28-14-5-4-13-27(28)25-9-2-1-3-10-25)21-22-40(29)45(43,44)30-15-6-11-26-12-7-16-35-31(26)30/h1-7,9-16,18,20,24,29H,8,17,19,21-23H2,(H,36,41)(H,37,42)/t29-/m0/s1. The van der Waals surface area contributed by atoms with E-state index in [0.29, 0.717) is 36.1 Å². The number of fused-ring (bicyclic) bond motifs is 1. The number of nitrogens with zero attached hydrogens (tertiary/aromatic N) is 5. The van der Waals surface area contributed by atoms with Gasteiger partial charge >= 0.3 is 6.03 Å². The third-order valence-corrected chi connectivity index (χ3v) is 9.75. The molecule has 5 aromatic rings. The third-order valence-electron chi connectivity index (χ3n) is 7.81. The molecule has 1 aliphatic heterocycles. The average molecular weight is 624 g/mol. The highest BCUT2D eigenvalue weighted by Crippen LogP contribution is 2.30. The molecule has 0 bridgehead atoms. The van der Waals surface area contributed by atoms with Crippen molar-refractivity contribution in [3.05, 3.63) is 110 Å². The molecule has 11 nitrogen and oxygen atoms in total. The molecule has 0 unspecified atom stereocenters. The first-order valence-electron chi connectivity index (χ1n) is 14.7. The Morgan fingerprint density at radius 1 is 0.889 bits per heavy atom. The molecule has 0 aliphatic carbocycles. The number of aryl methyl sites for hydroxylation is 1. The number of carbonyl (C=O) groups is 2. The summed E-state index contributed by atoms with van der Waals surface area (Å²) in [5, 5.41) is 6.55. The number of imidazole rings is 1. The number of nitrogens with one attached hydrogen (secondary N) is 2. The Hall–Kier alpha value is -5.07. The van der Waals surface area contributed by atoms with E-state index in [2.05, 4.69) is 20.6 Å². The highest BCUT2D eigenvalue weighted by atomic mass is 32.2. The van der Waals surface area contributed by atoms with Crippen molar-refractivity contribution in [2.24, 2.45) is 0 Å². The van der Waals surface area contributed by atoms with Crippen molar-refractivity contribution < 1.29 is 18.0 Å². The topological polar surface area (TPSA) is 130 Å². The number of anilines is 1. The van der Waals surface area contributed by atoms with Crippen molar-refractivity contribution in [2.45, 2.75) is 23.9 Å². The quantitative estimate of drug-likeness (QED) is 0.237. The molecule has 2 aromatic heterocycles. The molecule has 0 saturated carbocycles. The largest absolute Gasteiger partial charge is 0.355 e. The number of carbonyl (C=O) groups excluding carboxylic acids is 2. The van der Waals surface area contributed by atoms with Crippen LogP contribution in [0.1, 0.15) is 6.42 Å². The van der Waals surface area contributed by atoms with Crippen LogP contribution < -0.4 is 10.6 Å². The van der Waals surface area contributed by atoms with Gasteiger partial charge in [-0.05, 0) is 30.2 Å². The van der Waals surface area contributed by atoms with Crippen LogP contribution in [0.3, 0.4) is 0 Å². The molecule has 1 aliphatic rings. The van der Waals surface area contributed by atoms with Gasteiger partial charge in [0.2, 0.25) is 15.9 Å². The fraction of sp³-hybridized carbons (Fsp3) is 0.212. The minimum Gasteiger partial charge on any atom is -0.355 e. The molecule has 2 N–H and O–H groups in total. The summed E-state index contributed by atoms with van der Waals surface area (Å²) in [6.07, 6.45) is 7.38. The normalized spacial score (nSPS) is 15.6. The van der Waals surface area contributed by atoms with Gasteiger partial charge in [0.25, 0.3) is 0 Å². The van der Waals surface area contributed by atoms with Crippen LogP contribution in [0.4, 0.5) is 10.5 Å². The molecule has 12 heteroatoms. The number of rotatable bonds is 9. The molecule has 1 atom stereocenters. The highest BCUT2D eigenvalue weighted by molar-refractivity contribution is 7.89. The molecule has 1 fully saturated rings. The molecule has 3 heterocycles. The Morgan fingerprint density at radius 2 is 1.69 bits per heavy atom. The number of urea groups is 1. The summed E-state index contributed by atoms with van der Waals surface area (Å²) >= 11 is 0. The fourth-order valence-electron chi connectivity index (χ4n) is 5.53. The Morgan fingerprint density at radius 3 is 2.51 bits per heavy atom. The molecular weight excluding hydrogens is 590 g/mol. The van der Waals surface area contributed by atoms with Gasteiger partial charge in [0.15, 0.2) is 0 Å². The lowest BCUT2D eigenvalue weighted by molar-refractivity contribution is -0.126. The first-order valence-corrected chi connectivity index (χ1v) is 16.2. The maximum absolute atomic E-state index is 14.1. The van der Waals surface area contributed by atoms with E-state index in [1.165, 1.54) is 15.3 Å². The Kier molecular flexibility index (Phi) is 8.85. The lowest BCUT2D eigenvalue weighted by Gasteiger charge is -2.39. The van der Waals surface area contributed by atoms with Crippen molar-refractivity contribution in [2.75, 3.05) is 31.5 Å². The second-order valence-corrected chi connectivity index (χ2v) is 12.6. The molecule has 230 valence electrons. The van der Waals surface area contributed by atoms with E-state index >= 15 is 0 Å². The number of aromatic nitrogens is 3. The summed E-state index contributed by atoms with van der Waals surface area (Å²) in [4.78, 5) is 37.1. The van der Waals surface area contributed by atoms with Gasteiger partial charge in [-0.2, -0.15) is 4.31 Å². The molecule has 3 aromatic carbocycles. The molecule has 45 heavy (non-hydrogen) atoms. The van der Waals surface area contributed by atoms with Crippen molar-refractivity contribution in [1.29, 1.82) is 0 Å². The zero-order chi connectivity index (χ0) is 31.2. The van der Waals surface area contributed by atoms with Gasteiger partial charge in [-0.1, -0.05) is 66.7 Å². The summed E-state index contributed by atoms with van der Waals surface area (Å²) < 4.78 is 31.4. The summed E-state index contributed by atoms with van der Waals surface area (Å²) in [5.41, 5.74) is 2.74. The van der Waals surface area contributed by atoms with Crippen molar-refractivity contribution in [1.82, 2.24) is 29.1 Å². The third kappa shape index (κ3) is 6.56. The second-order valence-electron chi connectivity index (χ2n) is 10.7. The van der Waals surface area contributed by atoms with Crippen molar-refractivity contribution in [3.8, 4) is 11.1 Å². The summed E-state index contributed by atoms with van der Waals surface area (Å²) in [6, 6.07) is 24.1. The van der Waals surface area contributed by atoms with E-state index in [1.54, 1.807) is 43.0 Å². The van der Waals surface area contributed by atoms with Gasteiger partial charge in [-0.25, -0.2) is 18.2 Å². The van der Waals surface area contributed by atoms with Gasteiger partial charge < -0.3 is 20.1 Å². The predicted octanol–water partition coefficient (Wildman–Crippen LogP) is 4.21. The lowest BCUT2D eigenvalue weighted by atomic mass is 10.0. The summed E-state index contributed by atoms with van der Waals surface area (Å²) in [7, 11) is -4.16. The Balaban J connectivity index is 1.24. The van der Waals surface area contributed by atoms with Crippen LogP contribution in [0.25, 0.3) is 22.0 Å². The number of para-hydroxylation sites is 2. The predicted molar refractivity (Wildman–Crippen MR) is 172 cm³/mol. The van der Waals surface area contributed by atoms with E-state index in [9.17, 15) is 18.0 Å². The van der Waals surface area contributed by atoms with Crippen LogP contribution in [-0.2, 0) is 21.4 Å². The minimum atomic E-state index is -4.16. The maximum atomic E-state index is 14.1. The summed E-state index contributed by atoms with van der Waals surface area (Å²) in [6.45, 7) is 0.885. The minimum absolute atomic E-state index is 0.0215. The first kappa shape index (κ1) is 30.0. The molecule has 1 saturated heterocycles. The van der Waals surface area contributed by atoms with E-state index < -0.39 is 28.0 Å². The zero-order valence-corrected chi connectivity index (χ0v) is 25.3.